The third-order valence-corrected chi connectivity index (χ3v) is 14.6. The summed E-state index contributed by atoms with van der Waals surface area (Å²) in [7, 11) is 1.83. The van der Waals surface area contributed by atoms with Gasteiger partial charge in [0.15, 0.2) is 0 Å². The van der Waals surface area contributed by atoms with Crippen molar-refractivity contribution in [3.05, 3.63) is 53.1 Å². The van der Waals surface area contributed by atoms with Gasteiger partial charge in [-0.3, -0.25) is 9.59 Å². The predicted molar refractivity (Wildman–Crippen MR) is 196 cm³/mol. The molecule has 51 heavy (non-hydrogen) atoms. The van der Waals surface area contributed by atoms with E-state index in [0.29, 0.717) is 44.2 Å². The summed E-state index contributed by atoms with van der Waals surface area (Å²) < 4.78 is 38.5. The van der Waals surface area contributed by atoms with Crippen molar-refractivity contribution in [1.29, 1.82) is 0 Å². The molecule has 11 nitrogen and oxygen atoms in total. The van der Waals surface area contributed by atoms with Crippen LogP contribution in [0.3, 0.4) is 0 Å². The number of likely N-dealkylation sites (tertiary alicyclic amines) is 1. The number of carbonyl (C=O) groups excluding carboxylic acids is 2. The van der Waals surface area contributed by atoms with Gasteiger partial charge in [0.25, 0.3) is 5.91 Å². The standard InChI is InChI=1S/C39H50N6O5S/c1-41-15-17-43(18-16-41)51(48,49)40-37(46)26-9-13-31-34(19-26)44-24-39(38(47)45-27-10-11-28(45)23-42(2)22-27)21-33(39)32-20-29(50-3)12-14-30(32)36(44)35(31)25-7-5-4-6-8-25/h9,12-14,19-20,25,27-28,33H,4-8,10-11,15-18,21-24H2,1-3H3,(H,40,46). The van der Waals surface area contributed by atoms with E-state index in [1.54, 1.807) is 13.2 Å². The number of rotatable bonds is 6. The van der Waals surface area contributed by atoms with Crippen LogP contribution in [0.2, 0.25) is 0 Å². The summed E-state index contributed by atoms with van der Waals surface area (Å²) in [5.74, 6) is 0.866. The van der Waals surface area contributed by atoms with Gasteiger partial charge in [-0.15, -0.1) is 0 Å². The third kappa shape index (κ3) is 5.42. The molecule has 6 aliphatic rings. The molecule has 1 N–H and O–H groups in total. The number of carbonyl (C=O) groups is 2. The maximum atomic E-state index is 15.1. The lowest BCUT2D eigenvalue weighted by atomic mass is 9.81. The SMILES string of the molecule is COc1ccc2c(c1)C1CC1(C(=O)N1C3CCC1CN(C)C3)Cn1c-2c(C2CCCCC2)c2ccc(C(=O)NS(=O)(=O)N3CCN(C)CC3)cc21. The number of likely N-dealkylation sites (N-methyl/N-ethyl adjacent to an activating group) is 2. The number of amides is 2. The summed E-state index contributed by atoms with van der Waals surface area (Å²) >= 11 is 0. The molecule has 2 bridgehead atoms. The molecule has 4 aliphatic heterocycles. The van der Waals surface area contributed by atoms with Crippen LogP contribution in [0.5, 0.6) is 5.75 Å². The van der Waals surface area contributed by atoms with Crippen LogP contribution in [0.1, 0.15) is 84.7 Å². The largest absolute Gasteiger partial charge is 0.497 e. The molecule has 2 aromatic carbocycles. The first-order valence-corrected chi connectivity index (χ1v) is 20.4. The summed E-state index contributed by atoms with van der Waals surface area (Å²) in [6.45, 7) is 4.26. The zero-order valence-corrected chi connectivity index (χ0v) is 30.9. The molecule has 2 amide bonds. The van der Waals surface area contributed by atoms with Crippen molar-refractivity contribution in [3.8, 4) is 17.0 Å². The molecule has 1 aromatic heterocycles. The molecule has 5 fully saturated rings. The highest BCUT2D eigenvalue weighted by molar-refractivity contribution is 7.87. The average Bonchev–Trinajstić information content (AvgIpc) is 3.71. The second kappa shape index (κ2) is 12.3. The Morgan fingerprint density at radius 1 is 0.882 bits per heavy atom. The highest BCUT2D eigenvalue weighted by atomic mass is 32.2. The Labute approximate surface area is 301 Å². The van der Waals surface area contributed by atoms with Gasteiger partial charge in [0.05, 0.1) is 18.2 Å². The zero-order valence-electron chi connectivity index (χ0n) is 30.1. The van der Waals surface area contributed by atoms with Crippen molar-refractivity contribution in [3.63, 3.8) is 0 Å². The molecule has 4 unspecified atom stereocenters. The fourth-order valence-corrected chi connectivity index (χ4v) is 11.5. The predicted octanol–water partition coefficient (Wildman–Crippen LogP) is 4.38. The van der Waals surface area contributed by atoms with Crippen LogP contribution in [0, 0.1) is 5.41 Å². The van der Waals surface area contributed by atoms with E-state index in [1.165, 1.54) is 34.7 Å². The molecule has 9 rings (SSSR count). The number of nitrogens with zero attached hydrogens (tertiary/aromatic N) is 5. The quantitative estimate of drug-likeness (QED) is 0.404. The molecule has 4 atom stereocenters. The number of methoxy groups -OCH3 is 1. The number of hydrogen-bond donors (Lipinski definition) is 1. The summed E-state index contributed by atoms with van der Waals surface area (Å²) in [5, 5.41) is 1.10. The van der Waals surface area contributed by atoms with E-state index in [2.05, 4.69) is 43.2 Å². The maximum Gasteiger partial charge on any atom is 0.304 e. The third-order valence-electron chi connectivity index (χ3n) is 13.1. The molecule has 0 spiro atoms. The minimum atomic E-state index is -4.00. The van der Waals surface area contributed by atoms with Gasteiger partial charge < -0.3 is 24.0 Å². The molecular weight excluding hydrogens is 665 g/mol. The smallest absolute Gasteiger partial charge is 0.304 e. The van der Waals surface area contributed by atoms with Crippen LogP contribution in [-0.4, -0.2) is 116 Å². The molecule has 272 valence electrons. The Kier molecular flexibility index (Phi) is 8.06. The molecule has 3 aromatic rings. The van der Waals surface area contributed by atoms with Crippen LogP contribution in [0.4, 0.5) is 0 Å². The second-order valence-corrected chi connectivity index (χ2v) is 17.9. The number of nitrogens with one attached hydrogen (secondary N) is 1. The van der Waals surface area contributed by atoms with Gasteiger partial charge in [0, 0.05) is 85.8 Å². The van der Waals surface area contributed by atoms with Crippen LogP contribution in [0.25, 0.3) is 22.2 Å². The summed E-state index contributed by atoms with van der Waals surface area (Å²) in [6, 6.07) is 12.5. The van der Waals surface area contributed by atoms with Crippen molar-refractivity contribution in [2.24, 2.45) is 5.41 Å². The number of ether oxygens (including phenoxy) is 1. The van der Waals surface area contributed by atoms with Gasteiger partial charge in [-0.05, 0) is 93.6 Å². The van der Waals surface area contributed by atoms with Crippen molar-refractivity contribution in [2.75, 3.05) is 60.5 Å². The zero-order chi connectivity index (χ0) is 35.2. The Bertz CT molecular complexity index is 2000. The minimum Gasteiger partial charge on any atom is -0.497 e. The Hall–Kier alpha value is -3.45. The first-order valence-electron chi connectivity index (χ1n) is 18.9. The maximum absolute atomic E-state index is 15.1. The molecule has 3 saturated heterocycles. The number of piperazine rings is 2. The average molecular weight is 715 g/mol. The fourth-order valence-electron chi connectivity index (χ4n) is 10.4. The van der Waals surface area contributed by atoms with E-state index in [0.717, 1.165) is 73.1 Å². The normalized spacial score (nSPS) is 28.5. The second-order valence-electron chi connectivity index (χ2n) is 16.2. The highest BCUT2D eigenvalue weighted by Gasteiger charge is 2.65. The molecule has 12 heteroatoms. The number of fused-ring (bicyclic) bond motifs is 9. The van der Waals surface area contributed by atoms with Gasteiger partial charge in [0.1, 0.15) is 5.75 Å². The molecular formula is C39H50N6O5S. The Morgan fingerprint density at radius 3 is 2.31 bits per heavy atom. The highest BCUT2D eigenvalue weighted by Crippen LogP contribution is 2.66. The lowest BCUT2D eigenvalue weighted by Crippen LogP contribution is -2.57. The van der Waals surface area contributed by atoms with Gasteiger partial charge in [-0.1, -0.05) is 25.3 Å². The first-order chi connectivity index (χ1) is 24.6. The van der Waals surface area contributed by atoms with Gasteiger partial charge in [-0.25, -0.2) is 4.72 Å². The van der Waals surface area contributed by atoms with Gasteiger partial charge >= 0.3 is 10.2 Å². The topological polar surface area (TPSA) is 107 Å². The fraction of sp³-hybridized carbons (Fsp3) is 0.590. The van der Waals surface area contributed by atoms with E-state index < -0.39 is 21.5 Å². The van der Waals surface area contributed by atoms with Gasteiger partial charge in [-0.2, -0.15) is 12.7 Å². The van der Waals surface area contributed by atoms with Gasteiger partial charge in [0.2, 0.25) is 5.91 Å². The molecule has 2 saturated carbocycles. The summed E-state index contributed by atoms with van der Waals surface area (Å²) in [4.78, 5) is 35.5. The summed E-state index contributed by atoms with van der Waals surface area (Å²) in [6.07, 6.45) is 8.65. The lowest BCUT2D eigenvalue weighted by Gasteiger charge is -2.41. The molecule has 2 aliphatic carbocycles. The van der Waals surface area contributed by atoms with E-state index in [4.69, 9.17) is 4.74 Å². The number of aromatic nitrogens is 1. The summed E-state index contributed by atoms with van der Waals surface area (Å²) in [5.41, 5.74) is 5.39. The monoisotopic (exact) mass is 714 g/mol. The van der Waals surface area contributed by atoms with Crippen molar-refractivity contribution in [1.82, 2.24) is 28.3 Å². The van der Waals surface area contributed by atoms with Crippen LogP contribution in [-0.2, 0) is 21.5 Å². The minimum absolute atomic E-state index is 0.0727. The number of benzene rings is 2. The van der Waals surface area contributed by atoms with E-state index >= 15 is 4.79 Å². The van der Waals surface area contributed by atoms with Crippen molar-refractivity contribution in [2.45, 2.75) is 81.8 Å². The number of hydrogen-bond acceptors (Lipinski definition) is 7. The lowest BCUT2D eigenvalue weighted by molar-refractivity contribution is -0.143. The first kappa shape index (κ1) is 33.4. The van der Waals surface area contributed by atoms with Crippen molar-refractivity contribution >= 4 is 32.9 Å². The Morgan fingerprint density at radius 2 is 1.61 bits per heavy atom. The van der Waals surface area contributed by atoms with Crippen LogP contribution >= 0.6 is 0 Å². The van der Waals surface area contributed by atoms with E-state index in [-0.39, 0.29) is 23.9 Å². The molecule has 5 heterocycles. The van der Waals surface area contributed by atoms with E-state index in [1.807, 2.05) is 25.2 Å². The van der Waals surface area contributed by atoms with Crippen molar-refractivity contribution < 1.29 is 22.7 Å². The van der Waals surface area contributed by atoms with Crippen LogP contribution < -0.4 is 9.46 Å². The molecule has 0 radical (unpaired) electrons. The van der Waals surface area contributed by atoms with Crippen LogP contribution in [0.15, 0.2) is 36.4 Å². The van der Waals surface area contributed by atoms with E-state index in [9.17, 15) is 13.2 Å². The Balaban J connectivity index is 1.18.